The summed E-state index contributed by atoms with van der Waals surface area (Å²) in [4.78, 5) is 0.365. The first-order valence-electron chi connectivity index (χ1n) is 6.30. The van der Waals surface area contributed by atoms with E-state index in [0.29, 0.717) is 11.4 Å². The Balaban J connectivity index is 2.09. The largest absolute Gasteiger partial charge is 0.297 e. The SMILES string of the molecule is O=S(=O)(c1ccccc1)C1NCCc2ccccc21. The molecule has 3 nitrogen and oxygen atoms in total. The van der Waals surface area contributed by atoms with Crippen LogP contribution in [-0.2, 0) is 16.3 Å². The zero-order chi connectivity index (χ0) is 13.3. The molecule has 1 aliphatic rings. The molecule has 1 unspecified atom stereocenters. The van der Waals surface area contributed by atoms with Gasteiger partial charge in [0.2, 0.25) is 0 Å². The second kappa shape index (κ2) is 4.79. The molecule has 0 aromatic heterocycles. The summed E-state index contributed by atoms with van der Waals surface area (Å²) in [6.07, 6.45) is 0.872. The summed E-state index contributed by atoms with van der Waals surface area (Å²) in [6, 6.07) is 16.4. The van der Waals surface area contributed by atoms with Crippen molar-refractivity contribution in [2.45, 2.75) is 16.7 Å². The number of hydrogen-bond donors (Lipinski definition) is 1. The Morgan fingerprint density at radius 3 is 2.42 bits per heavy atom. The second-order valence-corrected chi connectivity index (χ2v) is 6.67. The lowest BCUT2D eigenvalue weighted by Gasteiger charge is -2.26. The van der Waals surface area contributed by atoms with E-state index in [1.54, 1.807) is 24.3 Å². The standard InChI is InChI=1S/C15H15NO2S/c17-19(18,13-7-2-1-3-8-13)15-14-9-5-4-6-12(14)10-11-16-15/h1-9,15-16H,10-11H2. The third kappa shape index (κ3) is 2.17. The molecule has 2 aromatic rings. The van der Waals surface area contributed by atoms with Crippen molar-refractivity contribution in [3.63, 3.8) is 0 Å². The molecule has 0 spiro atoms. The van der Waals surface area contributed by atoms with Gasteiger partial charge in [0, 0.05) is 6.54 Å². The van der Waals surface area contributed by atoms with Gasteiger partial charge in [-0.2, -0.15) is 0 Å². The van der Waals surface area contributed by atoms with E-state index in [4.69, 9.17) is 0 Å². The molecular formula is C15H15NO2S. The van der Waals surface area contributed by atoms with Crippen molar-refractivity contribution < 1.29 is 8.42 Å². The van der Waals surface area contributed by atoms with Crippen LogP contribution in [0.3, 0.4) is 0 Å². The zero-order valence-corrected chi connectivity index (χ0v) is 11.2. The molecule has 0 saturated carbocycles. The number of sulfone groups is 1. The normalized spacial score (nSPS) is 18.8. The maximum Gasteiger partial charge on any atom is 0.198 e. The van der Waals surface area contributed by atoms with Crippen LogP contribution in [0.5, 0.6) is 0 Å². The van der Waals surface area contributed by atoms with Crippen LogP contribution in [0.25, 0.3) is 0 Å². The highest BCUT2D eigenvalue weighted by Gasteiger charge is 2.32. The summed E-state index contributed by atoms with van der Waals surface area (Å²) in [5.74, 6) is 0. The highest BCUT2D eigenvalue weighted by molar-refractivity contribution is 7.91. The average molecular weight is 273 g/mol. The molecule has 1 aliphatic heterocycles. The van der Waals surface area contributed by atoms with Gasteiger partial charge < -0.3 is 0 Å². The quantitative estimate of drug-likeness (QED) is 0.913. The molecule has 0 radical (unpaired) electrons. The molecule has 3 rings (SSSR count). The van der Waals surface area contributed by atoms with E-state index < -0.39 is 15.2 Å². The van der Waals surface area contributed by atoms with E-state index in [2.05, 4.69) is 5.32 Å². The van der Waals surface area contributed by atoms with Gasteiger partial charge in [-0.3, -0.25) is 5.32 Å². The van der Waals surface area contributed by atoms with Gasteiger partial charge in [-0.1, -0.05) is 42.5 Å². The average Bonchev–Trinajstić information content (AvgIpc) is 2.47. The van der Waals surface area contributed by atoms with Crippen LogP contribution in [0.4, 0.5) is 0 Å². The molecule has 1 heterocycles. The number of rotatable bonds is 2. The maximum atomic E-state index is 12.7. The van der Waals surface area contributed by atoms with Crippen molar-refractivity contribution in [3.05, 3.63) is 65.7 Å². The van der Waals surface area contributed by atoms with Crippen LogP contribution < -0.4 is 5.32 Å². The third-order valence-corrected chi connectivity index (χ3v) is 5.41. The fourth-order valence-electron chi connectivity index (χ4n) is 2.49. The molecule has 98 valence electrons. The first-order chi connectivity index (χ1) is 9.19. The molecule has 0 amide bonds. The van der Waals surface area contributed by atoms with E-state index in [1.165, 1.54) is 0 Å². The Hall–Kier alpha value is -1.65. The van der Waals surface area contributed by atoms with Crippen LogP contribution in [0.15, 0.2) is 59.5 Å². The number of fused-ring (bicyclic) bond motifs is 1. The fourth-order valence-corrected chi connectivity index (χ4v) is 4.20. The minimum atomic E-state index is -3.39. The summed E-state index contributed by atoms with van der Waals surface area (Å²) in [5, 5.41) is 2.49. The molecule has 1 N–H and O–H groups in total. The summed E-state index contributed by atoms with van der Waals surface area (Å²) in [5.41, 5.74) is 1.99. The van der Waals surface area contributed by atoms with Crippen molar-refractivity contribution in [1.29, 1.82) is 0 Å². The molecule has 0 fully saturated rings. The molecule has 0 saturated heterocycles. The topological polar surface area (TPSA) is 46.2 Å². The van der Waals surface area contributed by atoms with Crippen LogP contribution in [0.1, 0.15) is 16.5 Å². The van der Waals surface area contributed by atoms with E-state index in [-0.39, 0.29) is 0 Å². The van der Waals surface area contributed by atoms with Crippen LogP contribution in [0.2, 0.25) is 0 Å². The Morgan fingerprint density at radius 1 is 0.947 bits per heavy atom. The Labute approximate surface area is 113 Å². The molecule has 2 aromatic carbocycles. The van der Waals surface area contributed by atoms with Crippen molar-refractivity contribution in [3.8, 4) is 0 Å². The molecule has 0 aliphatic carbocycles. The van der Waals surface area contributed by atoms with Crippen LogP contribution in [-0.4, -0.2) is 15.0 Å². The van der Waals surface area contributed by atoms with Gasteiger partial charge in [0.05, 0.1) is 4.90 Å². The van der Waals surface area contributed by atoms with E-state index >= 15 is 0 Å². The van der Waals surface area contributed by atoms with Crippen molar-refractivity contribution in [2.75, 3.05) is 6.54 Å². The highest BCUT2D eigenvalue weighted by atomic mass is 32.2. The molecule has 0 bridgehead atoms. The minimum Gasteiger partial charge on any atom is -0.297 e. The van der Waals surface area contributed by atoms with Crippen molar-refractivity contribution in [2.24, 2.45) is 0 Å². The molecule has 1 atom stereocenters. The van der Waals surface area contributed by atoms with Gasteiger partial charge in [-0.05, 0) is 29.7 Å². The number of benzene rings is 2. The minimum absolute atomic E-state index is 0.365. The summed E-state index contributed by atoms with van der Waals surface area (Å²) in [6.45, 7) is 0.688. The van der Waals surface area contributed by atoms with Gasteiger partial charge in [0.25, 0.3) is 0 Å². The van der Waals surface area contributed by atoms with E-state index in [9.17, 15) is 8.42 Å². The number of hydrogen-bond acceptors (Lipinski definition) is 3. The monoisotopic (exact) mass is 273 g/mol. The lowest BCUT2D eigenvalue weighted by atomic mass is 10.0. The molecule has 4 heteroatoms. The predicted molar refractivity (Wildman–Crippen MR) is 74.5 cm³/mol. The maximum absolute atomic E-state index is 12.7. The molecule has 19 heavy (non-hydrogen) atoms. The summed E-state index contributed by atoms with van der Waals surface area (Å²) < 4.78 is 25.4. The van der Waals surface area contributed by atoms with Crippen molar-refractivity contribution >= 4 is 9.84 Å². The third-order valence-electron chi connectivity index (χ3n) is 3.44. The van der Waals surface area contributed by atoms with Gasteiger partial charge in [-0.15, -0.1) is 0 Å². The summed E-state index contributed by atoms with van der Waals surface area (Å²) in [7, 11) is -3.39. The van der Waals surface area contributed by atoms with Gasteiger partial charge in [0.15, 0.2) is 9.84 Å². The highest BCUT2D eigenvalue weighted by Crippen LogP contribution is 2.31. The lowest BCUT2D eigenvalue weighted by Crippen LogP contribution is -2.35. The zero-order valence-electron chi connectivity index (χ0n) is 10.4. The van der Waals surface area contributed by atoms with Crippen molar-refractivity contribution in [1.82, 2.24) is 5.32 Å². The second-order valence-electron chi connectivity index (χ2n) is 4.64. The first-order valence-corrected chi connectivity index (χ1v) is 7.84. The van der Waals surface area contributed by atoms with Crippen LogP contribution >= 0.6 is 0 Å². The Morgan fingerprint density at radius 2 is 1.63 bits per heavy atom. The Bertz CT molecular complexity index is 680. The Kier molecular flexibility index (Phi) is 3.12. The van der Waals surface area contributed by atoms with E-state index in [1.807, 2.05) is 30.3 Å². The van der Waals surface area contributed by atoms with Gasteiger partial charge in [0.1, 0.15) is 5.37 Å². The predicted octanol–water partition coefficient (Wildman–Crippen LogP) is 2.30. The summed E-state index contributed by atoms with van der Waals surface area (Å²) >= 11 is 0. The van der Waals surface area contributed by atoms with Gasteiger partial charge >= 0.3 is 0 Å². The first kappa shape index (κ1) is 12.4. The molecular weight excluding hydrogens is 258 g/mol. The smallest absolute Gasteiger partial charge is 0.198 e. The van der Waals surface area contributed by atoms with Gasteiger partial charge in [-0.25, -0.2) is 8.42 Å². The van der Waals surface area contributed by atoms with Crippen LogP contribution in [0, 0.1) is 0 Å². The van der Waals surface area contributed by atoms with E-state index in [0.717, 1.165) is 17.5 Å². The fraction of sp³-hybridized carbons (Fsp3) is 0.200. The lowest BCUT2D eigenvalue weighted by molar-refractivity contribution is 0.542. The number of nitrogens with one attached hydrogen (secondary N) is 1.